The summed E-state index contributed by atoms with van der Waals surface area (Å²) in [6.07, 6.45) is 0. The minimum atomic E-state index is -0.569. The second-order valence-electron chi connectivity index (χ2n) is 4.06. The van der Waals surface area contributed by atoms with Gasteiger partial charge in [-0.1, -0.05) is 17.8 Å². The van der Waals surface area contributed by atoms with Gasteiger partial charge >= 0.3 is 0 Å². The molecule has 92 valence electrons. The van der Waals surface area contributed by atoms with Crippen LogP contribution in [-0.4, -0.2) is 0 Å². The van der Waals surface area contributed by atoms with E-state index in [-0.39, 0.29) is 5.37 Å². The molecule has 5 heteroatoms. The summed E-state index contributed by atoms with van der Waals surface area (Å²) in [5.41, 5.74) is 7.67. The molecule has 2 aromatic rings. The summed E-state index contributed by atoms with van der Waals surface area (Å²) >= 11 is 1.49. The van der Waals surface area contributed by atoms with Crippen LogP contribution >= 0.6 is 11.8 Å². The molecule has 0 aliphatic carbocycles. The van der Waals surface area contributed by atoms with Gasteiger partial charge < -0.3 is 11.1 Å². The van der Waals surface area contributed by atoms with Gasteiger partial charge in [0, 0.05) is 22.2 Å². The SMILES string of the molecule is Nc1ccc2c(c1)NC(c1ccc(F)cc1F)S2. The molecule has 0 spiro atoms. The third kappa shape index (κ3) is 1.90. The minimum absolute atomic E-state index is 0.248. The van der Waals surface area contributed by atoms with Crippen molar-refractivity contribution >= 4 is 23.1 Å². The highest BCUT2D eigenvalue weighted by molar-refractivity contribution is 8.00. The second kappa shape index (κ2) is 4.17. The number of fused-ring (bicyclic) bond motifs is 1. The van der Waals surface area contributed by atoms with E-state index in [4.69, 9.17) is 5.73 Å². The summed E-state index contributed by atoms with van der Waals surface area (Å²) in [7, 11) is 0. The summed E-state index contributed by atoms with van der Waals surface area (Å²) in [4.78, 5) is 1.01. The quantitative estimate of drug-likeness (QED) is 0.770. The van der Waals surface area contributed by atoms with E-state index in [2.05, 4.69) is 5.32 Å². The Balaban J connectivity index is 1.93. The molecule has 0 saturated carbocycles. The lowest BCUT2D eigenvalue weighted by Crippen LogP contribution is -2.04. The van der Waals surface area contributed by atoms with Crippen molar-refractivity contribution < 1.29 is 8.78 Å². The Kier molecular flexibility index (Phi) is 2.63. The van der Waals surface area contributed by atoms with E-state index in [0.717, 1.165) is 16.6 Å². The molecule has 2 nitrogen and oxygen atoms in total. The fourth-order valence-electron chi connectivity index (χ4n) is 1.92. The molecular weight excluding hydrogens is 254 g/mol. The predicted molar refractivity (Wildman–Crippen MR) is 69.4 cm³/mol. The number of thioether (sulfide) groups is 1. The van der Waals surface area contributed by atoms with Crippen LogP contribution in [0.3, 0.4) is 0 Å². The molecule has 1 heterocycles. The van der Waals surface area contributed by atoms with E-state index in [1.807, 2.05) is 12.1 Å². The number of nitrogens with one attached hydrogen (secondary N) is 1. The molecule has 3 N–H and O–H groups in total. The average molecular weight is 264 g/mol. The largest absolute Gasteiger partial charge is 0.399 e. The maximum Gasteiger partial charge on any atom is 0.132 e. The van der Waals surface area contributed by atoms with Gasteiger partial charge in [0.2, 0.25) is 0 Å². The molecule has 1 unspecified atom stereocenters. The smallest absolute Gasteiger partial charge is 0.132 e. The summed E-state index contributed by atoms with van der Waals surface area (Å²) in [5, 5.41) is 2.92. The van der Waals surface area contributed by atoms with Gasteiger partial charge in [0.15, 0.2) is 0 Å². The van der Waals surface area contributed by atoms with Crippen molar-refractivity contribution in [2.45, 2.75) is 10.3 Å². The van der Waals surface area contributed by atoms with E-state index in [1.165, 1.54) is 23.9 Å². The summed E-state index contributed by atoms with van der Waals surface area (Å²) < 4.78 is 26.6. The van der Waals surface area contributed by atoms with Crippen LogP contribution < -0.4 is 11.1 Å². The van der Waals surface area contributed by atoms with Gasteiger partial charge in [0.25, 0.3) is 0 Å². The highest BCUT2D eigenvalue weighted by atomic mass is 32.2. The standard InChI is InChI=1S/C13H10F2N2S/c14-7-1-3-9(10(15)5-7)13-17-11-6-8(16)2-4-12(11)18-13/h1-6,13,17H,16H2. The lowest BCUT2D eigenvalue weighted by atomic mass is 10.2. The van der Waals surface area contributed by atoms with E-state index in [1.54, 1.807) is 6.07 Å². The van der Waals surface area contributed by atoms with Gasteiger partial charge in [0.05, 0.1) is 5.69 Å². The molecule has 2 aromatic carbocycles. The van der Waals surface area contributed by atoms with Crippen LogP contribution in [0.15, 0.2) is 41.3 Å². The van der Waals surface area contributed by atoms with Gasteiger partial charge in [-0.2, -0.15) is 0 Å². The maximum atomic E-state index is 13.7. The highest BCUT2D eigenvalue weighted by Crippen LogP contribution is 2.47. The van der Waals surface area contributed by atoms with E-state index < -0.39 is 11.6 Å². The fraction of sp³-hybridized carbons (Fsp3) is 0.0769. The molecule has 1 aliphatic rings. The van der Waals surface area contributed by atoms with E-state index in [9.17, 15) is 8.78 Å². The van der Waals surface area contributed by atoms with Crippen molar-refractivity contribution in [3.05, 3.63) is 53.6 Å². The monoisotopic (exact) mass is 264 g/mol. The van der Waals surface area contributed by atoms with Gasteiger partial charge in [-0.3, -0.25) is 0 Å². The molecule has 0 saturated heterocycles. The third-order valence-corrected chi connectivity index (χ3v) is 4.00. The fourth-order valence-corrected chi connectivity index (χ4v) is 3.07. The summed E-state index contributed by atoms with van der Waals surface area (Å²) in [5.74, 6) is -1.11. The van der Waals surface area contributed by atoms with Crippen LogP contribution in [0.4, 0.5) is 20.2 Å². The molecule has 1 aliphatic heterocycles. The molecule has 0 fully saturated rings. The Hall–Kier alpha value is -1.75. The number of halogens is 2. The molecule has 0 amide bonds. The summed E-state index contributed by atoms with van der Waals surface area (Å²) in [6, 6.07) is 9.13. The Morgan fingerprint density at radius 1 is 1.11 bits per heavy atom. The highest BCUT2D eigenvalue weighted by Gasteiger charge is 2.25. The van der Waals surface area contributed by atoms with Crippen LogP contribution in [-0.2, 0) is 0 Å². The van der Waals surface area contributed by atoms with Gasteiger partial charge in [-0.15, -0.1) is 0 Å². The minimum Gasteiger partial charge on any atom is -0.399 e. The normalized spacial score (nSPS) is 17.3. The predicted octanol–water partition coefficient (Wildman–Crippen LogP) is 3.76. The van der Waals surface area contributed by atoms with Crippen molar-refractivity contribution in [2.75, 3.05) is 11.1 Å². The summed E-state index contributed by atoms with van der Waals surface area (Å²) in [6.45, 7) is 0. The van der Waals surface area contributed by atoms with Crippen molar-refractivity contribution in [2.24, 2.45) is 0 Å². The molecule has 0 bridgehead atoms. The van der Waals surface area contributed by atoms with Crippen molar-refractivity contribution in [1.82, 2.24) is 0 Å². The Morgan fingerprint density at radius 2 is 1.94 bits per heavy atom. The lowest BCUT2D eigenvalue weighted by Gasteiger charge is -2.11. The molecule has 0 aromatic heterocycles. The third-order valence-electron chi connectivity index (χ3n) is 2.78. The Labute approximate surface area is 107 Å². The topological polar surface area (TPSA) is 38.0 Å². The number of benzene rings is 2. The van der Waals surface area contributed by atoms with Crippen LogP contribution in [0.1, 0.15) is 10.9 Å². The number of nitrogen functional groups attached to an aromatic ring is 1. The van der Waals surface area contributed by atoms with Gasteiger partial charge in [-0.05, 0) is 24.3 Å². The number of rotatable bonds is 1. The second-order valence-corrected chi connectivity index (χ2v) is 5.21. The number of anilines is 2. The molecule has 0 radical (unpaired) electrons. The zero-order chi connectivity index (χ0) is 12.7. The van der Waals surface area contributed by atoms with E-state index in [0.29, 0.717) is 11.3 Å². The van der Waals surface area contributed by atoms with Crippen molar-refractivity contribution in [3.8, 4) is 0 Å². The average Bonchev–Trinajstić information content (AvgIpc) is 2.71. The van der Waals surface area contributed by atoms with Crippen LogP contribution in [0.2, 0.25) is 0 Å². The van der Waals surface area contributed by atoms with Crippen molar-refractivity contribution in [3.63, 3.8) is 0 Å². The zero-order valence-electron chi connectivity index (χ0n) is 9.28. The molecule has 1 atom stereocenters. The number of nitrogens with two attached hydrogens (primary N) is 1. The van der Waals surface area contributed by atoms with Crippen LogP contribution in [0, 0.1) is 11.6 Å². The molecule has 3 rings (SSSR count). The Morgan fingerprint density at radius 3 is 2.72 bits per heavy atom. The van der Waals surface area contributed by atoms with Crippen LogP contribution in [0.25, 0.3) is 0 Å². The first-order valence-electron chi connectivity index (χ1n) is 5.41. The first kappa shape index (κ1) is 11.3. The first-order chi connectivity index (χ1) is 8.63. The van der Waals surface area contributed by atoms with Gasteiger partial charge in [-0.25, -0.2) is 8.78 Å². The molecular formula is C13H10F2N2S. The maximum absolute atomic E-state index is 13.7. The van der Waals surface area contributed by atoms with Crippen LogP contribution in [0.5, 0.6) is 0 Å². The van der Waals surface area contributed by atoms with Gasteiger partial charge in [0.1, 0.15) is 17.0 Å². The van der Waals surface area contributed by atoms with Crippen molar-refractivity contribution in [1.29, 1.82) is 0 Å². The molecule has 18 heavy (non-hydrogen) atoms. The first-order valence-corrected chi connectivity index (χ1v) is 6.29. The Bertz CT molecular complexity index is 616. The number of hydrogen-bond donors (Lipinski definition) is 2. The zero-order valence-corrected chi connectivity index (χ0v) is 10.1. The lowest BCUT2D eigenvalue weighted by molar-refractivity contribution is 0.573. The van der Waals surface area contributed by atoms with E-state index >= 15 is 0 Å². The number of hydrogen-bond acceptors (Lipinski definition) is 3.